The van der Waals surface area contributed by atoms with Gasteiger partial charge < -0.3 is 0 Å². The van der Waals surface area contributed by atoms with Crippen LogP contribution in [-0.2, 0) is 16.3 Å². The molecule has 0 bridgehead atoms. The Morgan fingerprint density at radius 2 is 1.93 bits per heavy atom. The zero-order valence-corrected chi connectivity index (χ0v) is 8.84. The molecule has 0 saturated carbocycles. The molecule has 0 heterocycles. The molecule has 0 aliphatic heterocycles. The summed E-state index contributed by atoms with van der Waals surface area (Å²) in [5.41, 5.74) is 2.01. The highest BCUT2D eigenvalue weighted by Crippen LogP contribution is 2.29. The maximum atomic E-state index is 11.5. The fraction of sp³-hybridized carbons (Fsp3) is 0.273. The SMILES string of the molecule is CS(=O)(=O)C1=CCCc2ccccc21. The molecule has 0 radical (unpaired) electrons. The summed E-state index contributed by atoms with van der Waals surface area (Å²) >= 11 is 0. The van der Waals surface area contributed by atoms with Crippen LogP contribution in [0.4, 0.5) is 0 Å². The van der Waals surface area contributed by atoms with Gasteiger partial charge in [0, 0.05) is 6.26 Å². The molecule has 1 aromatic carbocycles. The van der Waals surface area contributed by atoms with Crippen molar-refractivity contribution in [1.82, 2.24) is 0 Å². The third-order valence-corrected chi connectivity index (χ3v) is 3.61. The second-order valence-electron chi connectivity index (χ2n) is 3.54. The van der Waals surface area contributed by atoms with E-state index in [0.717, 1.165) is 24.0 Å². The fourth-order valence-electron chi connectivity index (χ4n) is 1.80. The number of fused-ring (bicyclic) bond motifs is 1. The lowest BCUT2D eigenvalue weighted by molar-refractivity contribution is 0.611. The molecule has 1 aliphatic rings. The van der Waals surface area contributed by atoms with Gasteiger partial charge in [0.25, 0.3) is 0 Å². The van der Waals surface area contributed by atoms with Gasteiger partial charge in [-0.3, -0.25) is 0 Å². The monoisotopic (exact) mass is 208 g/mol. The summed E-state index contributed by atoms with van der Waals surface area (Å²) in [6.45, 7) is 0. The van der Waals surface area contributed by atoms with Crippen molar-refractivity contribution in [3.05, 3.63) is 41.5 Å². The molecular weight excluding hydrogens is 196 g/mol. The molecule has 0 atom stereocenters. The predicted molar refractivity (Wildman–Crippen MR) is 57.6 cm³/mol. The van der Waals surface area contributed by atoms with Crippen molar-refractivity contribution in [2.45, 2.75) is 12.8 Å². The van der Waals surface area contributed by atoms with E-state index < -0.39 is 9.84 Å². The van der Waals surface area contributed by atoms with Gasteiger partial charge in [-0.05, 0) is 24.0 Å². The van der Waals surface area contributed by atoms with Crippen molar-refractivity contribution in [3.63, 3.8) is 0 Å². The van der Waals surface area contributed by atoms with E-state index in [1.54, 1.807) is 0 Å². The van der Waals surface area contributed by atoms with Crippen LogP contribution in [0.5, 0.6) is 0 Å². The molecule has 0 saturated heterocycles. The highest BCUT2D eigenvalue weighted by molar-refractivity contribution is 8.00. The van der Waals surface area contributed by atoms with Crippen molar-refractivity contribution < 1.29 is 8.42 Å². The van der Waals surface area contributed by atoms with E-state index in [0.29, 0.717) is 4.91 Å². The number of rotatable bonds is 1. The quantitative estimate of drug-likeness (QED) is 0.707. The average molecular weight is 208 g/mol. The van der Waals surface area contributed by atoms with E-state index in [1.165, 1.54) is 6.26 Å². The Balaban J connectivity index is 2.62. The molecule has 3 heteroatoms. The Labute approximate surface area is 84.2 Å². The summed E-state index contributed by atoms with van der Waals surface area (Å²) in [4.78, 5) is 0.486. The molecule has 0 aromatic heterocycles. The number of hydrogen-bond acceptors (Lipinski definition) is 2. The first-order valence-corrected chi connectivity index (χ1v) is 6.46. The lowest BCUT2D eigenvalue weighted by Crippen LogP contribution is -2.07. The first-order valence-electron chi connectivity index (χ1n) is 4.57. The molecular formula is C11H12O2S. The van der Waals surface area contributed by atoms with Gasteiger partial charge in [0.05, 0.1) is 4.91 Å². The lowest BCUT2D eigenvalue weighted by Gasteiger charge is -2.15. The molecule has 0 unspecified atom stereocenters. The second kappa shape index (κ2) is 3.24. The van der Waals surface area contributed by atoms with Crippen LogP contribution in [0.25, 0.3) is 4.91 Å². The Bertz CT molecular complexity index is 484. The fourth-order valence-corrected chi connectivity index (χ4v) is 2.82. The largest absolute Gasteiger partial charge is 0.224 e. The van der Waals surface area contributed by atoms with Gasteiger partial charge in [0.1, 0.15) is 0 Å². The zero-order valence-electron chi connectivity index (χ0n) is 8.03. The molecule has 2 nitrogen and oxygen atoms in total. The van der Waals surface area contributed by atoms with Gasteiger partial charge in [-0.1, -0.05) is 30.3 Å². The van der Waals surface area contributed by atoms with Crippen LogP contribution in [0, 0.1) is 0 Å². The number of sulfone groups is 1. The number of hydrogen-bond donors (Lipinski definition) is 0. The van der Waals surface area contributed by atoms with Gasteiger partial charge in [0.15, 0.2) is 9.84 Å². The third-order valence-electron chi connectivity index (χ3n) is 2.43. The summed E-state index contributed by atoms with van der Waals surface area (Å²) in [7, 11) is -3.08. The van der Waals surface area contributed by atoms with Crippen molar-refractivity contribution in [2.75, 3.05) is 6.26 Å². The molecule has 0 amide bonds. The van der Waals surface area contributed by atoms with Gasteiger partial charge in [-0.25, -0.2) is 8.42 Å². The van der Waals surface area contributed by atoms with E-state index in [4.69, 9.17) is 0 Å². The minimum Gasteiger partial charge on any atom is -0.224 e. The molecule has 14 heavy (non-hydrogen) atoms. The van der Waals surface area contributed by atoms with Crippen LogP contribution in [0.2, 0.25) is 0 Å². The van der Waals surface area contributed by atoms with Crippen molar-refractivity contribution in [2.24, 2.45) is 0 Å². The summed E-state index contributed by atoms with van der Waals surface area (Å²) < 4.78 is 23.0. The molecule has 2 rings (SSSR count). The first kappa shape index (κ1) is 9.46. The van der Waals surface area contributed by atoms with Crippen molar-refractivity contribution in [1.29, 1.82) is 0 Å². The molecule has 74 valence electrons. The van der Waals surface area contributed by atoms with Gasteiger partial charge >= 0.3 is 0 Å². The van der Waals surface area contributed by atoms with E-state index in [2.05, 4.69) is 0 Å². The minimum atomic E-state index is -3.08. The number of aryl methyl sites for hydroxylation is 1. The molecule has 0 spiro atoms. The van der Waals surface area contributed by atoms with Crippen molar-refractivity contribution in [3.8, 4) is 0 Å². The summed E-state index contributed by atoms with van der Waals surface area (Å²) in [6.07, 6.45) is 4.84. The lowest BCUT2D eigenvalue weighted by atomic mass is 9.97. The summed E-state index contributed by atoms with van der Waals surface area (Å²) in [5, 5.41) is 0. The van der Waals surface area contributed by atoms with Crippen LogP contribution >= 0.6 is 0 Å². The van der Waals surface area contributed by atoms with Crippen LogP contribution in [0.3, 0.4) is 0 Å². The Kier molecular flexibility index (Phi) is 2.19. The van der Waals surface area contributed by atoms with Crippen LogP contribution in [-0.4, -0.2) is 14.7 Å². The predicted octanol–water partition coefficient (Wildman–Crippen LogP) is 2.02. The third kappa shape index (κ3) is 1.60. The smallest absolute Gasteiger partial charge is 0.175 e. The van der Waals surface area contributed by atoms with Gasteiger partial charge in [-0.15, -0.1) is 0 Å². The average Bonchev–Trinajstić information content (AvgIpc) is 2.15. The molecule has 0 N–H and O–H groups in total. The Hall–Kier alpha value is -1.09. The van der Waals surface area contributed by atoms with Crippen LogP contribution in [0.1, 0.15) is 17.5 Å². The van der Waals surface area contributed by atoms with Crippen LogP contribution < -0.4 is 0 Å². The second-order valence-corrected chi connectivity index (χ2v) is 5.52. The normalized spacial score (nSPS) is 15.9. The topological polar surface area (TPSA) is 34.1 Å². The summed E-state index contributed by atoms with van der Waals surface area (Å²) in [6, 6.07) is 7.70. The zero-order chi connectivity index (χ0) is 10.2. The maximum absolute atomic E-state index is 11.5. The van der Waals surface area contributed by atoms with E-state index >= 15 is 0 Å². The van der Waals surface area contributed by atoms with E-state index in [1.807, 2.05) is 30.3 Å². The number of allylic oxidation sites excluding steroid dienone is 1. The summed E-state index contributed by atoms with van der Waals surface area (Å²) in [5.74, 6) is 0. The van der Waals surface area contributed by atoms with Crippen molar-refractivity contribution >= 4 is 14.7 Å². The first-order chi connectivity index (χ1) is 6.59. The minimum absolute atomic E-state index is 0.486. The number of benzene rings is 1. The Morgan fingerprint density at radius 3 is 2.64 bits per heavy atom. The standard InChI is InChI=1S/C11H12O2S/c1-14(12,13)11-8-4-6-9-5-2-3-7-10(9)11/h2-3,5,7-8H,4,6H2,1H3. The highest BCUT2D eigenvalue weighted by Gasteiger charge is 2.19. The molecule has 0 fully saturated rings. The van der Waals surface area contributed by atoms with Crippen LogP contribution in [0.15, 0.2) is 30.3 Å². The maximum Gasteiger partial charge on any atom is 0.175 e. The van der Waals surface area contributed by atoms with E-state index in [-0.39, 0.29) is 0 Å². The van der Waals surface area contributed by atoms with Gasteiger partial charge in [-0.2, -0.15) is 0 Å². The molecule has 1 aliphatic carbocycles. The highest BCUT2D eigenvalue weighted by atomic mass is 32.2. The van der Waals surface area contributed by atoms with Gasteiger partial charge in [0.2, 0.25) is 0 Å². The van der Waals surface area contributed by atoms with E-state index in [9.17, 15) is 8.42 Å². The Morgan fingerprint density at radius 1 is 1.21 bits per heavy atom. The molecule has 1 aromatic rings.